The Morgan fingerprint density at radius 1 is 1.02 bits per heavy atom. The van der Waals surface area contributed by atoms with E-state index in [-0.39, 0.29) is 19.0 Å². The van der Waals surface area contributed by atoms with Crippen LogP contribution in [0.5, 0.6) is 0 Å². The second-order valence-electron chi connectivity index (χ2n) is 12.4. The first kappa shape index (κ1) is 34.8. The Morgan fingerprint density at radius 2 is 1.71 bits per heavy atom. The molecule has 3 atom stereocenters. The fraction of sp³-hybridized carbons (Fsp3) is 0.343. The molecule has 1 aliphatic rings. The van der Waals surface area contributed by atoms with Crippen molar-refractivity contribution in [1.82, 2.24) is 19.8 Å². The molecule has 254 valence electrons. The average molecular weight is 684 g/mol. The number of halogens is 4. The first-order valence-corrected chi connectivity index (χ1v) is 15.8. The first-order chi connectivity index (χ1) is 22.7. The molecule has 0 radical (unpaired) electrons. The molecule has 13 heteroatoms. The van der Waals surface area contributed by atoms with Gasteiger partial charge in [-0.15, -0.1) is 5.06 Å². The predicted octanol–water partition coefficient (Wildman–Crippen LogP) is 6.64. The minimum absolute atomic E-state index is 0.0297. The summed E-state index contributed by atoms with van der Waals surface area (Å²) in [5, 5.41) is 1.47. The van der Waals surface area contributed by atoms with E-state index in [4.69, 9.17) is 16.4 Å². The summed E-state index contributed by atoms with van der Waals surface area (Å²) in [6, 6.07) is 18.3. The van der Waals surface area contributed by atoms with Crippen molar-refractivity contribution in [2.45, 2.75) is 38.0 Å². The summed E-state index contributed by atoms with van der Waals surface area (Å²) in [6.45, 7) is 2.40. The molecule has 0 fully saturated rings. The van der Waals surface area contributed by atoms with Gasteiger partial charge < -0.3 is 24.5 Å². The largest absolute Gasteiger partial charge is 0.493 e. The Balaban J connectivity index is 1.65. The van der Waals surface area contributed by atoms with Crippen LogP contribution in [0.2, 0.25) is 5.02 Å². The van der Waals surface area contributed by atoms with Crippen molar-refractivity contribution in [2.24, 2.45) is 5.92 Å². The van der Waals surface area contributed by atoms with Crippen LogP contribution in [0.4, 0.5) is 23.7 Å². The van der Waals surface area contributed by atoms with Gasteiger partial charge >= 0.3 is 18.2 Å². The van der Waals surface area contributed by atoms with Crippen molar-refractivity contribution in [2.75, 3.05) is 39.1 Å². The lowest BCUT2D eigenvalue weighted by Gasteiger charge is -2.41. The van der Waals surface area contributed by atoms with Gasteiger partial charge in [-0.1, -0.05) is 67.1 Å². The molecule has 0 spiro atoms. The van der Waals surface area contributed by atoms with Gasteiger partial charge in [0.2, 0.25) is 0 Å². The van der Waals surface area contributed by atoms with Crippen LogP contribution in [-0.4, -0.2) is 84.2 Å². The third-order valence-corrected chi connectivity index (χ3v) is 8.69. The average Bonchev–Trinajstić information content (AvgIpc) is 3.47. The van der Waals surface area contributed by atoms with E-state index in [1.807, 2.05) is 31.1 Å². The minimum atomic E-state index is -5.45. The zero-order valence-electron chi connectivity index (χ0n) is 27.0. The number of aromatic amines is 1. The normalized spacial score (nSPS) is 15.9. The lowest BCUT2D eigenvalue weighted by Crippen LogP contribution is -2.58. The molecule has 0 aliphatic carbocycles. The van der Waals surface area contributed by atoms with Gasteiger partial charge in [0.1, 0.15) is 0 Å². The van der Waals surface area contributed by atoms with Crippen molar-refractivity contribution in [3.8, 4) is 0 Å². The number of aromatic nitrogens is 1. The number of amides is 3. The number of H-pyrrole nitrogens is 1. The van der Waals surface area contributed by atoms with Gasteiger partial charge in [-0.25, -0.2) is 9.59 Å². The molecule has 1 aromatic heterocycles. The van der Waals surface area contributed by atoms with E-state index < -0.39 is 36.0 Å². The van der Waals surface area contributed by atoms with Gasteiger partial charge in [-0.05, 0) is 67.4 Å². The Bertz CT molecular complexity index is 1780. The minimum Gasteiger partial charge on any atom is -0.361 e. The predicted molar refractivity (Wildman–Crippen MR) is 177 cm³/mol. The molecule has 0 bridgehead atoms. The summed E-state index contributed by atoms with van der Waals surface area (Å²) in [5.74, 6) is -4.35. The number of anilines is 1. The molecule has 3 amide bonds. The van der Waals surface area contributed by atoms with Crippen LogP contribution in [0.1, 0.15) is 29.5 Å². The van der Waals surface area contributed by atoms with Gasteiger partial charge in [0.15, 0.2) is 6.04 Å². The quantitative estimate of drug-likeness (QED) is 0.211. The van der Waals surface area contributed by atoms with E-state index in [0.717, 1.165) is 16.0 Å². The maximum absolute atomic E-state index is 15.0. The van der Waals surface area contributed by atoms with Crippen molar-refractivity contribution in [3.63, 3.8) is 0 Å². The number of nitrogens with one attached hydrogen (secondary N) is 1. The van der Waals surface area contributed by atoms with Crippen LogP contribution in [-0.2, 0) is 27.4 Å². The standard InChI is InChI=1S/C35H37ClF3N5O4/c1-22(28-18-40-29-13-9-8-12-27(28)29)31(32(45)43-21-24(19-41(2)3)16-25-17-26(36)14-15-30(25)43)44(48-33(46)35(37,38)39)34(47)42(4)20-23-10-6-5-7-11-23/h5-15,17-18,22,24,31,40H,16,19-21H2,1-4H3/t22?,24-,31?/m1/s1. The molecule has 4 aromatic rings. The zero-order chi connectivity index (χ0) is 34.7. The molecule has 0 saturated carbocycles. The number of carbonyl (C=O) groups excluding carboxylic acids is 3. The zero-order valence-corrected chi connectivity index (χ0v) is 27.8. The fourth-order valence-electron chi connectivity index (χ4n) is 6.33. The van der Waals surface area contributed by atoms with Crippen LogP contribution in [0.25, 0.3) is 10.9 Å². The van der Waals surface area contributed by atoms with E-state index in [2.05, 4.69) is 4.98 Å². The lowest BCUT2D eigenvalue weighted by molar-refractivity contribution is -0.235. The first-order valence-electron chi connectivity index (χ1n) is 15.4. The van der Waals surface area contributed by atoms with E-state index in [1.54, 1.807) is 73.8 Å². The lowest BCUT2D eigenvalue weighted by atomic mass is 9.88. The molecule has 1 N–H and O–H groups in total. The summed E-state index contributed by atoms with van der Waals surface area (Å²) >= 11 is 6.35. The number of para-hydroxylation sites is 1. The molecule has 9 nitrogen and oxygen atoms in total. The molecule has 2 heterocycles. The molecule has 0 saturated heterocycles. The van der Waals surface area contributed by atoms with Crippen LogP contribution in [0, 0.1) is 5.92 Å². The summed E-state index contributed by atoms with van der Waals surface area (Å²) in [4.78, 5) is 54.3. The summed E-state index contributed by atoms with van der Waals surface area (Å²) in [6.07, 6.45) is -3.19. The van der Waals surface area contributed by atoms with E-state index in [1.165, 1.54) is 11.9 Å². The van der Waals surface area contributed by atoms with E-state index in [0.29, 0.717) is 45.3 Å². The van der Waals surface area contributed by atoms with Gasteiger partial charge in [-0.3, -0.25) is 4.79 Å². The number of nitrogens with zero attached hydrogens (tertiary/aromatic N) is 4. The number of hydrogen-bond donors (Lipinski definition) is 1. The van der Waals surface area contributed by atoms with E-state index >= 15 is 0 Å². The molecule has 2 unspecified atom stereocenters. The number of hydrogen-bond acceptors (Lipinski definition) is 5. The number of carbonyl (C=O) groups is 3. The maximum Gasteiger partial charge on any atom is 0.493 e. The molecule has 3 aromatic carbocycles. The smallest absolute Gasteiger partial charge is 0.361 e. The Hall–Kier alpha value is -4.55. The fourth-order valence-corrected chi connectivity index (χ4v) is 6.52. The van der Waals surface area contributed by atoms with Gasteiger partial charge in [0.05, 0.1) is 0 Å². The van der Waals surface area contributed by atoms with Crippen molar-refractivity contribution in [1.29, 1.82) is 0 Å². The van der Waals surface area contributed by atoms with E-state index in [9.17, 15) is 27.6 Å². The Kier molecular flexibility index (Phi) is 10.4. The Morgan fingerprint density at radius 3 is 2.40 bits per heavy atom. The molecular weight excluding hydrogens is 647 g/mol. The maximum atomic E-state index is 15.0. The molecule has 1 aliphatic heterocycles. The highest BCUT2D eigenvalue weighted by atomic mass is 35.5. The summed E-state index contributed by atoms with van der Waals surface area (Å²) in [5.41, 5.74) is 3.24. The summed E-state index contributed by atoms with van der Waals surface area (Å²) < 4.78 is 41.4. The molecule has 48 heavy (non-hydrogen) atoms. The number of rotatable bonds is 8. The van der Waals surface area contributed by atoms with Crippen LogP contribution >= 0.6 is 11.6 Å². The van der Waals surface area contributed by atoms with Crippen molar-refractivity contribution >= 4 is 46.1 Å². The van der Waals surface area contributed by atoms with Gasteiger partial charge in [0.25, 0.3) is 5.91 Å². The number of urea groups is 1. The number of fused-ring (bicyclic) bond motifs is 2. The topological polar surface area (TPSA) is 89.2 Å². The molecular formula is C35H37ClF3N5O4. The van der Waals surface area contributed by atoms with Crippen molar-refractivity contribution in [3.05, 3.63) is 101 Å². The summed E-state index contributed by atoms with van der Waals surface area (Å²) in [7, 11) is 5.18. The second-order valence-corrected chi connectivity index (χ2v) is 12.8. The van der Waals surface area contributed by atoms with Gasteiger partial charge in [0, 0.05) is 60.4 Å². The van der Waals surface area contributed by atoms with Gasteiger partial charge in [-0.2, -0.15) is 13.2 Å². The number of alkyl halides is 3. The SMILES string of the molecule is CC(c1c[nH]c2ccccc12)C(C(=O)N1C[C@@H](CN(C)C)Cc2cc(Cl)ccc21)N(OC(=O)C(F)(F)F)C(=O)N(C)Cc1ccccc1. The molecule has 5 rings (SSSR count). The highest BCUT2D eigenvalue weighted by Gasteiger charge is 2.49. The number of hydroxylamine groups is 2. The Labute approximate surface area is 281 Å². The van der Waals surface area contributed by atoms with Crippen LogP contribution < -0.4 is 4.90 Å². The van der Waals surface area contributed by atoms with Crippen LogP contribution in [0.15, 0.2) is 79.0 Å². The second kappa shape index (κ2) is 14.3. The van der Waals surface area contributed by atoms with Crippen LogP contribution in [0.3, 0.4) is 0 Å². The monoisotopic (exact) mass is 683 g/mol. The highest BCUT2D eigenvalue weighted by molar-refractivity contribution is 6.30. The number of benzene rings is 3. The van der Waals surface area contributed by atoms with Crippen molar-refractivity contribution < 1.29 is 32.4 Å². The highest BCUT2D eigenvalue weighted by Crippen LogP contribution is 2.37. The third kappa shape index (κ3) is 7.60. The third-order valence-electron chi connectivity index (χ3n) is 8.45.